The van der Waals surface area contributed by atoms with Gasteiger partial charge in [0, 0.05) is 28.1 Å². The van der Waals surface area contributed by atoms with Crippen LogP contribution in [0, 0.1) is 0 Å². The van der Waals surface area contributed by atoms with Crippen LogP contribution in [0.2, 0.25) is 0 Å². The van der Waals surface area contributed by atoms with E-state index in [4.69, 9.17) is 4.74 Å². The molecule has 18 heavy (non-hydrogen) atoms. The van der Waals surface area contributed by atoms with E-state index in [-0.39, 0.29) is 0 Å². The van der Waals surface area contributed by atoms with Gasteiger partial charge in [-0.3, -0.25) is 0 Å². The van der Waals surface area contributed by atoms with Gasteiger partial charge in [0.15, 0.2) is 0 Å². The molecule has 0 saturated heterocycles. The first-order chi connectivity index (χ1) is 8.61. The van der Waals surface area contributed by atoms with Crippen LogP contribution in [0.5, 0.6) is 0 Å². The monoisotopic (exact) mass is 375 g/mol. The van der Waals surface area contributed by atoms with Crippen molar-refractivity contribution in [1.29, 1.82) is 0 Å². The van der Waals surface area contributed by atoms with Crippen LogP contribution in [-0.4, -0.2) is 19.3 Å². The summed E-state index contributed by atoms with van der Waals surface area (Å²) in [5.41, 5.74) is 1.29. The summed E-state index contributed by atoms with van der Waals surface area (Å²) in [5.74, 6) is 0. The first-order valence-electron chi connectivity index (χ1n) is 6.35. The second-order valence-electron chi connectivity index (χ2n) is 4.87. The third-order valence-corrected chi connectivity index (χ3v) is 4.83. The van der Waals surface area contributed by atoms with E-state index in [9.17, 15) is 0 Å². The van der Waals surface area contributed by atoms with Gasteiger partial charge in [-0.2, -0.15) is 0 Å². The zero-order valence-electron chi connectivity index (χ0n) is 10.7. The van der Waals surface area contributed by atoms with Gasteiger partial charge in [-0.1, -0.05) is 37.9 Å². The van der Waals surface area contributed by atoms with E-state index in [0.717, 1.165) is 8.95 Å². The molecule has 3 atom stereocenters. The molecular weight excluding hydrogens is 358 g/mol. The Labute approximate surface area is 126 Å². The first-order valence-corrected chi connectivity index (χ1v) is 7.94. The number of hydrogen-bond donors (Lipinski definition) is 1. The lowest BCUT2D eigenvalue weighted by molar-refractivity contribution is 0.0819. The normalized spacial score (nSPS) is 25.3. The van der Waals surface area contributed by atoms with E-state index >= 15 is 0 Å². The molecule has 0 aliphatic heterocycles. The summed E-state index contributed by atoms with van der Waals surface area (Å²) >= 11 is 7.11. The van der Waals surface area contributed by atoms with Gasteiger partial charge in [0.1, 0.15) is 0 Å². The van der Waals surface area contributed by atoms with Crippen LogP contribution in [-0.2, 0) is 4.74 Å². The van der Waals surface area contributed by atoms with Crippen molar-refractivity contribution in [2.75, 3.05) is 7.11 Å². The van der Waals surface area contributed by atoms with Crippen molar-refractivity contribution in [2.24, 2.45) is 0 Å². The summed E-state index contributed by atoms with van der Waals surface area (Å²) in [4.78, 5) is 0. The molecule has 1 aromatic carbocycles. The molecule has 2 rings (SSSR count). The summed E-state index contributed by atoms with van der Waals surface area (Å²) in [7, 11) is 1.81. The summed E-state index contributed by atoms with van der Waals surface area (Å²) in [5, 5.41) is 3.69. The van der Waals surface area contributed by atoms with E-state index in [1.165, 1.54) is 24.8 Å². The van der Waals surface area contributed by atoms with Crippen molar-refractivity contribution in [2.45, 2.75) is 44.4 Å². The smallest absolute Gasteiger partial charge is 0.0724 e. The molecule has 1 aliphatic rings. The zero-order valence-corrected chi connectivity index (χ0v) is 13.9. The maximum absolute atomic E-state index is 5.53. The Morgan fingerprint density at radius 3 is 2.78 bits per heavy atom. The summed E-state index contributed by atoms with van der Waals surface area (Å²) in [6.45, 7) is 2.21. The van der Waals surface area contributed by atoms with E-state index in [0.29, 0.717) is 18.2 Å². The van der Waals surface area contributed by atoms with Gasteiger partial charge >= 0.3 is 0 Å². The van der Waals surface area contributed by atoms with Gasteiger partial charge in [-0.15, -0.1) is 0 Å². The van der Waals surface area contributed by atoms with Gasteiger partial charge in [0.25, 0.3) is 0 Å². The SMILES string of the molecule is COC1CCCC1NC(C)c1ccc(Br)cc1Br. The molecule has 100 valence electrons. The van der Waals surface area contributed by atoms with E-state index in [2.05, 4.69) is 62.3 Å². The number of halogens is 2. The zero-order chi connectivity index (χ0) is 13.1. The predicted molar refractivity (Wildman–Crippen MR) is 81.8 cm³/mol. The molecule has 3 unspecified atom stereocenters. The van der Waals surface area contributed by atoms with Crippen molar-refractivity contribution >= 4 is 31.9 Å². The minimum Gasteiger partial charge on any atom is -0.380 e. The third kappa shape index (κ3) is 3.35. The van der Waals surface area contributed by atoms with E-state index < -0.39 is 0 Å². The topological polar surface area (TPSA) is 21.3 Å². The summed E-state index contributed by atoms with van der Waals surface area (Å²) in [6, 6.07) is 7.13. The van der Waals surface area contributed by atoms with E-state index in [1.807, 2.05) is 7.11 Å². The third-order valence-electron chi connectivity index (χ3n) is 3.65. The second-order valence-corrected chi connectivity index (χ2v) is 6.64. The summed E-state index contributed by atoms with van der Waals surface area (Å²) in [6.07, 6.45) is 3.99. The highest BCUT2D eigenvalue weighted by Gasteiger charge is 2.28. The van der Waals surface area contributed by atoms with E-state index in [1.54, 1.807) is 0 Å². The summed E-state index contributed by atoms with van der Waals surface area (Å²) < 4.78 is 7.77. The van der Waals surface area contributed by atoms with Crippen molar-refractivity contribution in [3.8, 4) is 0 Å². The Kier molecular flexibility index (Phi) is 5.24. The molecule has 1 fully saturated rings. The molecule has 0 heterocycles. The largest absolute Gasteiger partial charge is 0.380 e. The van der Waals surface area contributed by atoms with Crippen LogP contribution in [0.1, 0.15) is 37.8 Å². The lowest BCUT2D eigenvalue weighted by atomic mass is 10.1. The van der Waals surface area contributed by atoms with Gasteiger partial charge in [-0.25, -0.2) is 0 Å². The van der Waals surface area contributed by atoms with Gasteiger partial charge < -0.3 is 10.1 Å². The molecule has 0 aromatic heterocycles. The fraction of sp³-hybridized carbons (Fsp3) is 0.571. The number of nitrogens with one attached hydrogen (secondary N) is 1. The van der Waals surface area contributed by atoms with Crippen molar-refractivity contribution < 1.29 is 4.74 Å². The molecule has 0 bridgehead atoms. The first kappa shape index (κ1) is 14.5. The minimum absolute atomic E-state index is 0.327. The molecule has 1 saturated carbocycles. The highest BCUT2D eigenvalue weighted by Crippen LogP contribution is 2.29. The highest BCUT2D eigenvalue weighted by molar-refractivity contribution is 9.11. The number of benzene rings is 1. The van der Waals surface area contributed by atoms with Gasteiger partial charge in [-0.05, 0) is 43.9 Å². The number of methoxy groups -OCH3 is 1. The maximum Gasteiger partial charge on any atom is 0.0724 e. The molecule has 4 heteroatoms. The molecule has 0 amide bonds. The Morgan fingerprint density at radius 1 is 1.33 bits per heavy atom. The van der Waals surface area contributed by atoms with Gasteiger partial charge in [0.2, 0.25) is 0 Å². The van der Waals surface area contributed by atoms with Crippen LogP contribution >= 0.6 is 31.9 Å². The highest BCUT2D eigenvalue weighted by atomic mass is 79.9. The van der Waals surface area contributed by atoms with Crippen molar-refractivity contribution in [1.82, 2.24) is 5.32 Å². The van der Waals surface area contributed by atoms with Crippen LogP contribution in [0.25, 0.3) is 0 Å². The fourth-order valence-corrected chi connectivity index (χ4v) is 4.05. The van der Waals surface area contributed by atoms with Gasteiger partial charge in [0.05, 0.1) is 6.10 Å². The lowest BCUT2D eigenvalue weighted by Crippen LogP contribution is -2.38. The van der Waals surface area contributed by atoms with Crippen LogP contribution in [0.3, 0.4) is 0 Å². The molecule has 1 aromatic rings. The quantitative estimate of drug-likeness (QED) is 0.839. The molecule has 0 radical (unpaired) electrons. The maximum atomic E-state index is 5.53. The van der Waals surface area contributed by atoms with Crippen molar-refractivity contribution in [3.63, 3.8) is 0 Å². The molecule has 0 spiro atoms. The van der Waals surface area contributed by atoms with Crippen LogP contribution in [0.4, 0.5) is 0 Å². The molecular formula is C14H19Br2NO. The number of hydrogen-bond acceptors (Lipinski definition) is 2. The Morgan fingerprint density at radius 2 is 2.11 bits per heavy atom. The molecule has 1 N–H and O–H groups in total. The Bertz CT molecular complexity index is 411. The molecule has 1 aliphatic carbocycles. The number of ether oxygens (including phenoxy) is 1. The number of rotatable bonds is 4. The van der Waals surface area contributed by atoms with Crippen LogP contribution in [0.15, 0.2) is 27.1 Å². The Balaban J connectivity index is 2.05. The Hall–Kier alpha value is 0.1000. The average Bonchev–Trinajstić information content (AvgIpc) is 2.76. The molecule has 2 nitrogen and oxygen atoms in total. The fourth-order valence-electron chi connectivity index (χ4n) is 2.66. The standard InChI is InChI=1S/C14H19Br2NO/c1-9(11-7-6-10(15)8-12(11)16)17-13-4-3-5-14(13)18-2/h6-9,13-14,17H,3-5H2,1-2H3. The minimum atomic E-state index is 0.327. The van der Waals surface area contributed by atoms with Crippen molar-refractivity contribution in [3.05, 3.63) is 32.7 Å². The van der Waals surface area contributed by atoms with Crippen LogP contribution < -0.4 is 5.32 Å². The second kappa shape index (κ2) is 6.51. The lowest BCUT2D eigenvalue weighted by Gasteiger charge is -2.25. The average molecular weight is 377 g/mol. The predicted octanol–water partition coefficient (Wildman–Crippen LogP) is 4.43.